The molecule has 0 aliphatic carbocycles. The number of aromatic nitrogens is 2. The Bertz CT molecular complexity index is 850. The second kappa shape index (κ2) is 8.33. The first-order valence-electron chi connectivity index (χ1n) is 9.76. The fraction of sp³-hybridized carbons (Fsp3) is 0.450. The molecule has 1 unspecified atom stereocenters. The number of amides is 2. The van der Waals surface area contributed by atoms with Crippen molar-refractivity contribution >= 4 is 17.6 Å². The number of carbonyl (C=O) groups is 1. The number of nitrogens with zero attached hydrogens (tertiary/aromatic N) is 4. The SMILES string of the molecule is CCCC1/C(=N\c2ccc3c(c2)OCCO3)NC(=O)N1CCCn1ccnc1. The summed E-state index contributed by atoms with van der Waals surface area (Å²) in [4.78, 5) is 23.2. The molecule has 0 spiro atoms. The van der Waals surface area contributed by atoms with Crippen LogP contribution in [-0.2, 0) is 6.54 Å². The molecule has 0 radical (unpaired) electrons. The summed E-state index contributed by atoms with van der Waals surface area (Å²) in [6.45, 7) is 4.72. The van der Waals surface area contributed by atoms with Crippen LogP contribution in [0.2, 0.25) is 0 Å². The Morgan fingerprint density at radius 1 is 1.25 bits per heavy atom. The summed E-state index contributed by atoms with van der Waals surface area (Å²) in [5.41, 5.74) is 0.751. The van der Waals surface area contributed by atoms with Gasteiger partial charge in [-0.2, -0.15) is 0 Å². The highest BCUT2D eigenvalue weighted by Crippen LogP contribution is 2.34. The second-order valence-electron chi connectivity index (χ2n) is 6.91. The van der Waals surface area contributed by atoms with Crippen LogP contribution in [0.25, 0.3) is 0 Å². The number of hydrogen-bond acceptors (Lipinski definition) is 5. The van der Waals surface area contributed by atoms with Crippen LogP contribution in [0, 0.1) is 0 Å². The molecule has 1 saturated heterocycles. The van der Waals surface area contributed by atoms with Crippen molar-refractivity contribution < 1.29 is 14.3 Å². The molecule has 2 aromatic rings. The first kappa shape index (κ1) is 18.3. The summed E-state index contributed by atoms with van der Waals surface area (Å²) >= 11 is 0. The van der Waals surface area contributed by atoms with Crippen molar-refractivity contribution in [3.05, 3.63) is 36.9 Å². The topological polar surface area (TPSA) is 81.0 Å². The lowest BCUT2D eigenvalue weighted by Crippen LogP contribution is -2.36. The molecule has 1 aromatic heterocycles. The van der Waals surface area contributed by atoms with Gasteiger partial charge in [0.2, 0.25) is 0 Å². The molecule has 1 atom stereocenters. The maximum atomic E-state index is 12.6. The molecule has 1 aromatic carbocycles. The van der Waals surface area contributed by atoms with E-state index in [1.54, 1.807) is 12.5 Å². The molecule has 8 heteroatoms. The number of aryl methyl sites for hydroxylation is 1. The summed E-state index contributed by atoms with van der Waals surface area (Å²) in [5.74, 6) is 2.13. The van der Waals surface area contributed by atoms with Crippen molar-refractivity contribution in [1.82, 2.24) is 19.8 Å². The van der Waals surface area contributed by atoms with E-state index in [4.69, 9.17) is 14.5 Å². The fourth-order valence-electron chi connectivity index (χ4n) is 3.56. The maximum Gasteiger partial charge on any atom is 0.323 e. The molecule has 3 heterocycles. The van der Waals surface area contributed by atoms with E-state index in [1.807, 2.05) is 33.9 Å². The molecule has 8 nitrogen and oxygen atoms in total. The van der Waals surface area contributed by atoms with Crippen LogP contribution in [0.5, 0.6) is 11.5 Å². The molecule has 0 bridgehead atoms. The summed E-state index contributed by atoms with van der Waals surface area (Å²) in [6.07, 6.45) is 8.19. The number of ether oxygens (including phenoxy) is 2. The Labute approximate surface area is 164 Å². The molecule has 28 heavy (non-hydrogen) atoms. The summed E-state index contributed by atoms with van der Waals surface area (Å²) in [7, 11) is 0. The van der Waals surface area contributed by atoms with Crippen LogP contribution in [-0.4, -0.2) is 52.1 Å². The van der Waals surface area contributed by atoms with Gasteiger partial charge in [-0.15, -0.1) is 0 Å². The van der Waals surface area contributed by atoms with Crippen LogP contribution >= 0.6 is 0 Å². The molecule has 1 fully saturated rings. The van der Waals surface area contributed by atoms with Gasteiger partial charge in [-0.1, -0.05) is 13.3 Å². The number of imidazole rings is 1. The second-order valence-corrected chi connectivity index (χ2v) is 6.91. The molecular formula is C20H25N5O3. The number of hydrogen-bond donors (Lipinski definition) is 1. The number of carbonyl (C=O) groups excluding carboxylic acids is 1. The van der Waals surface area contributed by atoms with Gasteiger partial charge in [-0.3, -0.25) is 5.32 Å². The van der Waals surface area contributed by atoms with Gasteiger partial charge in [-0.25, -0.2) is 14.8 Å². The van der Waals surface area contributed by atoms with Crippen molar-refractivity contribution in [2.24, 2.45) is 4.99 Å². The van der Waals surface area contributed by atoms with E-state index >= 15 is 0 Å². The third-order valence-corrected chi connectivity index (χ3v) is 4.90. The fourth-order valence-corrected chi connectivity index (χ4v) is 3.56. The summed E-state index contributed by atoms with van der Waals surface area (Å²) in [5, 5.41) is 2.96. The molecule has 2 aliphatic heterocycles. The van der Waals surface area contributed by atoms with Gasteiger partial charge in [0, 0.05) is 31.5 Å². The van der Waals surface area contributed by atoms with Crippen LogP contribution in [0.15, 0.2) is 41.9 Å². The third-order valence-electron chi connectivity index (χ3n) is 4.90. The minimum absolute atomic E-state index is 0.0338. The molecule has 2 aliphatic rings. The zero-order valence-electron chi connectivity index (χ0n) is 16.0. The van der Waals surface area contributed by atoms with Gasteiger partial charge >= 0.3 is 6.03 Å². The molecule has 2 amide bonds. The van der Waals surface area contributed by atoms with Gasteiger partial charge in [0.1, 0.15) is 19.0 Å². The summed E-state index contributed by atoms with van der Waals surface area (Å²) < 4.78 is 13.2. The molecule has 1 N–H and O–H groups in total. The minimum atomic E-state index is -0.0830. The van der Waals surface area contributed by atoms with E-state index in [1.165, 1.54) is 0 Å². The van der Waals surface area contributed by atoms with E-state index < -0.39 is 0 Å². The van der Waals surface area contributed by atoms with Crippen LogP contribution in [0.4, 0.5) is 10.5 Å². The van der Waals surface area contributed by atoms with Crippen molar-refractivity contribution in [2.45, 2.75) is 38.8 Å². The average molecular weight is 383 g/mol. The van der Waals surface area contributed by atoms with Crippen molar-refractivity contribution in [3.8, 4) is 11.5 Å². The number of nitrogens with one attached hydrogen (secondary N) is 1. The Morgan fingerprint density at radius 3 is 2.89 bits per heavy atom. The minimum Gasteiger partial charge on any atom is -0.486 e. The number of fused-ring (bicyclic) bond motifs is 1. The monoisotopic (exact) mass is 383 g/mol. The van der Waals surface area contributed by atoms with Crippen LogP contribution < -0.4 is 14.8 Å². The molecule has 148 valence electrons. The standard InChI is InChI=1S/C20H25N5O3/c1-2-4-16-19(22-15-5-6-17-18(13-15)28-12-11-27-17)23-20(26)25(16)9-3-8-24-10-7-21-14-24/h5-7,10,13-14,16H,2-4,8-9,11-12H2,1H3,(H,22,23,26). The predicted molar refractivity (Wildman–Crippen MR) is 105 cm³/mol. The van der Waals surface area contributed by atoms with Gasteiger partial charge < -0.3 is 18.9 Å². The van der Waals surface area contributed by atoms with E-state index in [2.05, 4.69) is 17.2 Å². The van der Waals surface area contributed by atoms with Crippen molar-refractivity contribution in [1.29, 1.82) is 0 Å². The lowest BCUT2D eigenvalue weighted by Gasteiger charge is -2.22. The summed E-state index contributed by atoms with van der Waals surface area (Å²) in [6, 6.07) is 5.49. The number of rotatable bonds is 7. The highest BCUT2D eigenvalue weighted by atomic mass is 16.6. The van der Waals surface area contributed by atoms with Gasteiger partial charge in [0.15, 0.2) is 11.5 Å². The number of aliphatic imine (C=N–C) groups is 1. The third kappa shape index (κ3) is 3.95. The average Bonchev–Trinajstić information content (AvgIpc) is 3.32. The van der Waals surface area contributed by atoms with Crippen LogP contribution in [0.3, 0.4) is 0 Å². The predicted octanol–water partition coefficient (Wildman–Crippen LogP) is 2.97. The Morgan fingerprint density at radius 2 is 2.11 bits per heavy atom. The molecule has 0 saturated carbocycles. The highest BCUT2D eigenvalue weighted by Gasteiger charge is 2.35. The normalized spacial score (nSPS) is 19.9. The van der Waals surface area contributed by atoms with Crippen molar-refractivity contribution in [2.75, 3.05) is 19.8 Å². The first-order valence-corrected chi connectivity index (χ1v) is 9.76. The van der Waals surface area contributed by atoms with Crippen LogP contribution in [0.1, 0.15) is 26.2 Å². The van der Waals surface area contributed by atoms with E-state index in [0.29, 0.717) is 31.3 Å². The maximum absolute atomic E-state index is 12.6. The quantitative estimate of drug-likeness (QED) is 0.797. The van der Waals surface area contributed by atoms with E-state index in [9.17, 15) is 4.79 Å². The van der Waals surface area contributed by atoms with Gasteiger partial charge in [0.25, 0.3) is 0 Å². The zero-order chi connectivity index (χ0) is 19.3. The molecular weight excluding hydrogens is 358 g/mol. The first-order chi connectivity index (χ1) is 13.7. The van der Waals surface area contributed by atoms with Gasteiger partial charge in [0.05, 0.1) is 18.1 Å². The lowest BCUT2D eigenvalue weighted by atomic mass is 10.1. The number of amidine groups is 1. The largest absolute Gasteiger partial charge is 0.486 e. The van der Waals surface area contributed by atoms with Crippen molar-refractivity contribution in [3.63, 3.8) is 0 Å². The Balaban J connectivity index is 1.48. The smallest absolute Gasteiger partial charge is 0.323 e. The number of benzene rings is 1. The van der Waals surface area contributed by atoms with Gasteiger partial charge in [-0.05, 0) is 25.0 Å². The number of urea groups is 1. The Kier molecular flexibility index (Phi) is 5.45. The molecule has 4 rings (SSSR count). The lowest BCUT2D eigenvalue weighted by molar-refractivity contribution is 0.171. The Hall–Kier alpha value is -3.03. The van der Waals surface area contributed by atoms with E-state index in [0.717, 1.165) is 37.2 Å². The zero-order valence-corrected chi connectivity index (χ0v) is 16.0. The van der Waals surface area contributed by atoms with E-state index in [-0.39, 0.29) is 12.1 Å². The highest BCUT2D eigenvalue weighted by molar-refractivity contribution is 6.08.